The van der Waals surface area contributed by atoms with Gasteiger partial charge in [0, 0.05) is 0 Å². The maximum absolute atomic E-state index is 2.46. The van der Waals surface area contributed by atoms with Gasteiger partial charge in [0.2, 0.25) is 0 Å². The molecule has 0 unspecified atom stereocenters. The van der Waals surface area contributed by atoms with Gasteiger partial charge in [0.05, 0.1) is 8.07 Å². The van der Waals surface area contributed by atoms with E-state index in [1.165, 1.54) is 18.9 Å². The third kappa shape index (κ3) is 3.06. The van der Waals surface area contributed by atoms with Gasteiger partial charge in [-0.25, -0.2) is 0 Å². The Kier molecular flexibility index (Phi) is 3.10. The summed E-state index contributed by atoms with van der Waals surface area (Å²) in [6, 6.07) is 12.3. The smallest absolute Gasteiger partial charge is 0.0843 e. The third-order valence-electron chi connectivity index (χ3n) is 3.21. The van der Waals surface area contributed by atoms with E-state index in [0.29, 0.717) is 0 Å². The predicted octanol–water partition coefficient (Wildman–Crippen LogP) is 3.57. The fraction of sp³-hybridized carbons (Fsp3) is 0.429. The highest BCUT2D eigenvalue weighted by atomic mass is 28.3. The molecule has 0 amide bonds. The lowest BCUT2D eigenvalue weighted by Crippen LogP contribution is -2.40. The summed E-state index contributed by atoms with van der Waals surface area (Å²) in [5.74, 6) is 0.922. The van der Waals surface area contributed by atoms with E-state index in [1.54, 1.807) is 5.19 Å². The summed E-state index contributed by atoms with van der Waals surface area (Å²) in [7, 11) is -1.21. The molecule has 0 aromatic heterocycles. The standard InChI is InChI=1S/C14H20Si/c1-15(2,12-6-7-13-10-11-13)14-8-4-3-5-9-14/h3-9,13H,10-12H2,1-2H3/b7-6+. The van der Waals surface area contributed by atoms with Crippen molar-refractivity contribution in [2.45, 2.75) is 32.0 Å². The van der Waals surface area contributed by atoms with E-state index in [2.05, 4.69) is 55.6 Å². The van der Waals surface area contributed by atoms with Crippen LogP contribution < -0.4 is 5.19 Å². The molecule has 1 fully saturated rings. The molecule has 1 aromatic carbocycles. The Labute approximate surface area is 94.0 Å². The molecule has 0 atom stereocenters. The molecule has 0 bridgehead atoms. The normalized spacial score (nSPS) is 17.2. The maximum Gasteiger partial charge on any atom is 0.0843 e. The zero-order valence-corrected chi connectivity index (χ0v) is 10.7. The predicted molar refractivity (Wildman–Crippen MR) is 70.2 cm³/mol. The van der Waals surface area contributed by atoms with E-state index in [1.807, 2.05) is 0 Å². The SMILES string of the molecule is C[Si](C)(C/C=C/C1CC1)c1ccccc1. The molecule has 1 saturated carbocycles. The molecule has 0 N–H and O–H groups in total. The first-order valence-electron chi connectivity index (χ1n) is 5.91. The average molecular weight is 216 g/mol. The Morgan fingerprint density at radius 1 is 1.20 bits per heavy atom. The molecule has 1 aromatic rings. The van der Waals surface area contributed by atoms with Crippen molar-refractivity contribution in [3.05, 3.63) is 42.5 Å². The summed E-state index contributed by atoms with van der Waals surface area (Å²) >= 11 is 0. The zero-order chi connectivity index (χ0) is 10.7. The summed E-state index contributed by atoms with van der Waals surface area (Å²) in [5.41, 5.74) is 0. The Morgan fingerprint density at radius 2 is 1.87 bits per heavy atom. The Bertz CT molecular complexity index is 334. The monoisotopic (exact) mass is 216 g/mol. The second-order valence-corrected chi connectivity index (χ2v) is 9.97. The summed E-state index contributed by atoms with van der Waals surface area (Å²) in [6.45, 7) is 4.92. The van der Waals surface area contributed by atoms with Crippen LogP contribution in [-0.2, 0) is 0 Å². The quantitative estimate of drug-likeness (QED) is 0.533. The van der Waals surface area contributed by atoms with E-state index in [-0.39, 0.29) is 0 Å². The van der Waals surface area contributed by atoms with Crippen LogP contribution in [0.4, 0.5) is 0 Å². The van der Waals surface area contributed by atoms with Crippen LogP contribution in [0, 0.1) is 5.92 Å². The highest BCUT2D eigenvalue weighted by Gasteiger charge is 2.22. The van der Waals surface area contributed by atoms with Crippen molar-refractivity contribution in [1.29, 1.82) is 0 Å². The lowest BCUT2D eigenvalue weighted by Gasteiger charge is -2.20. The molecule has 0 heterocycles. The van der Waals surface area contributed by atoms with E-state index in [4.69, 9.17) is 0 Å². The van der Waals surface area contributed by atoms with Crippen LogP contribution in [0.15, 0.2) is 42.5 Å². The fourth-order valence-corrected chi connectivity index (χ4v) is 3.91. The lowest BCUT2D eigenvalue weighted by molar-refractivity contribution is 1.12. The topological polar surface area (TPSA) is 0 Å². The largest absolute Gasteiger partial charge is 0.0906 e. The van der Waals surface area contributed by atoms with Crippen LogP contribution in [0.1, 0.15) is 12.8 Å². The minimum absolute atomic E-state index is 0.922. The van der Waals surface area contributed by atoms with E-state index < -0.39 is 8.07 Å². The third-order valence-corrected chi connectivity index (χ3v) is 6.37. The molecule has 0 spiro atoms. The molecule has 2 rings (SSSR count). The number of rotatable bonds is 4. The van der Waals surface area contributed by atoms with Gasteiger partial charge in [-0.15, -0.1) is 0 Å². The molecule has 0 aliphatic heterocycles. The van der Waals surface area contributed by atoms with Gasteiger partial charge < -0.3 is 0 Å². The van der Waals surface area contributed by atoms with Crippen LogP contribution in [-0.4, -0.2) is 8.07 Å². The van der Waals surface area contributed by atoms with Crippen LogP contribution in [0.25, 0.3) is 0 Å². The van der Waals surface area contributed by atoms with Gasteiger partial charge in [0.1, 0.15) is 0 Å². The molecular formula is C14H20Si. The number of hydrogen-bond acceptors (Lipinski definition) is 0. The second kappa shape index (κ2) is 4.36. The van der Waals surface area contributed by atoms with Crippen molar-refractivity contribution >= 4 is 13.3 Å². The zero-order valence-electron chi connectivity index (χ0n) is 9.74. The molecule has 1 heteroatoms. The number of benzene rings is 1. The first-order chi connectivity index (χ1) is 7.18. The molecule has 1 aliphatic rings. The molecule has 80 valence electrons. The molecule has 0 radical (unpaired) electrons. The highest BCUT2D eigenvalue weighted by molar-refractivity contribution is 6.90. The van der Waals surface area contributed by atoms with Crippen LogP contribution in [0.2, 0.25) is 19.1 Å². The van der Waals surface area contributed by atoms with Gasteiger partial charge in [-0.1, -0.05) is 60.8 Å². The van der Waals surface area contributed by atoms with Crippen molar-refractivity contribution in [3.8, 4) is 0 Å². The second-order valence-electron chi connectivity index (χ2n) is 5.22. The van der Waals surface area contributed by atoms with Gasteiger partial charge in [-0.05, 0) is 24.8 Å². The first-order valence-corrected chi connectivity index (χ1v) is 9.11. The Balaban J connectivity index is 1.99. The summed E-state index contributed by atoms with van der Waals surface area (Å²) in [4.78, 5) is 0. The minimum Gasteiger partial charge on any atom is -0.0906 e. The Morgan fingerprint density at radius 3 is 2.47 bits per heavy atom. The van der Waals surface area contributed by atoms with Gasteiger partial charge in [-0.3, -0.25) is 0 Å². The maximum atomic E-state index is 2.46. The Hall–Kier alpha value is -0.823. The van der Waals surface area contributed by atoms with E-state index >= 15 is 0 Å². The van der Waals surface area contributed by atoms with Crippen molar-refractivity contribution in [1.82, 2.24) is 0 Å². The molecule has 1 aliphatic carbocycles. The van der Waals surface area contributed by atoms with Gasteiger partial charge in [0.25, 0.3) is 0 Å². The van der Waals surface area contributed by atoms with Crippen molar-refractivity contribution in [3.63, 3.8) is 0 Å². The minimum atomic E-state index is -1.21. The molecular weight excluding hydrogens is 196 g/mol. The summed E-state index contributed by atoms with van der Waals surface area (Å²) in [6.07, 6.45) is 7.70. The van der Waals surface area contributed by atoms with Crippen molar-refractivity contribution < 1.29 is 0 Å². The van der Waals surface area contributed by atoms with Gasteiger partial charge in [-0.2, -0.15) is 0 Å². The van der Waals surface area contributed by atoms with Crippen molar-refractivity contribution in [2.75, 3.05) is 0 Å². The van der Waals surface area contributed by atoms with Crippen LogP contribution in [0.5, 0.6) is 0 Å². The molecule has 15 heavy (non-hydrogen) atoms. The van der Waals surface area contributed by atoms with E-state index in [0.717, 1.165) is 5.92 Å². The lowest BCUT2D eigenvalue weighted by atomic mass is 10.4. The van der Waals surface area contributed by atoms with Gasteiger partial charge in [0.15, 0.2) is 0 Å². The highest BCUT2D eigenvalue weighted by Crippen LogP contribution is 2.30. The summed E-state index contributed by atoms with van der Waals surface area (Å²) in [5, 5.41) is 1.57. The number of allylic oxidation sites excluding steroid dienone is 2. The average Bonchev–Trinajstić information content (AvgIpc) is 3.03. The molecule has 0 saturated heterocycles. The fourth-order valence-electron chi connectivity index (χ4n) is 1.85. The van der Waals surface area contributed by atoms with Gasteiger partial charge >= 0.3 is 0 Å². The summed E-state index contributed by atoms with van der Waals surface area (Å²) < 4.78 is 0. The van der Waals surface area contributed by atoms with Crippen molar-refractivity contribution in [2.24, 2.45) is 5.92 Å². The first kappa shape index (κ1) is 10.7. The van der Waals surface area contributed by atoms with Crippen LogP contribution >= 0.6 is 0 Å². The number of hydrogen-bond donors (Lipinski definition) is 0. The van der Waals surface area contributed by atoms with Crippen LogP contribution in [0.3, 0.4) is 0 Å². The molecule has 0 nitrogen and oxygen atoms in total. The van der Waals surface area contributed by atoms with E-state index in [9.17, 15) is 0 Å².